The van der Waals surface area contributed by atoms with Crippen LogP contribution in [0.3, 0.4) is 0 Å². The first-order chi connectivity index (χ1) is 12.1. The van der Waals surface area contributed by atoms with E-state index in [1.807, 2.05) is 0 Å². The van der Waals surface area contributed by atoms with Gasteiger partial charge < -0.3 is 20.7 Å². The highest BCUT2D eigenvalue weighted by Gasteiger charge is 2.53. The summed E-state index contributed by atoms with van der Waals surface area (Å²) in [6, 6.07) is 8.43. The second-order valence-electron chi connectivity index (χ2n) is 5.34. The van der Waals surface area contributed by atoms with E-state index in [0.717, 1.165) is 0 Å². The fraction of sp³-hybridized carbons (Fsp3) is 0.294. The Bertz CT molecular complexity index is 717. The highest BCUT2D eigenvalue weighted by atomic mass is 16.2. The fourth-order valence-corrected chi connectivity index (χ4v) is 2.72. The van der Waals surface area contributed by atoms with Gasteiger partial charge in [0.1, 0.15) is 18.0 Å². The van der Waals surface area contributed by atoms with Crippen molar-refractivity contribution >= 4 is 36.6 Å². The van der Waals surface area contributed by atoms with Crippen molar-refractivity contribution in [1.29, 1.82) is 0 Å². The maximum atomic E-state index is 12.6. The van der Waals surface area contributed by atoms with Gasteiger partial charge in [-0.1, -0.05) is 30.3 Å². The van der Waals surface area contributed by atoms with Crippen LogP contribution >= 0.6 is 0 Å². The van der Waals surface area contributed by atoms with E-state index >= 15 is 0 Å². The van der Waals surface area contributed by atoms with Gasteiger partial charge in [0.25, 0.3) is 11.6 Å². The monoisotopic (exact) mass is 340 g/mol. The van der Waals surface area contributed by atoms with E-state index in [1.165, 1.54) is 0 Å². The number of carbonyl (C=O) groups is 4. The molecule has 0 fully saturated rings. The van der Waals surface area contributed by atoms with Crippen LogP contribution in [0.2, 0.25) is 0 Å². The van der Waals surface area contributed by atoms with Crippen LogP contribution in [-0.4, -0.2) is 46.1 Å². The van der Waals surface area contributed by atoms with E-state index in [0.29, 0.717) is 30.6 Å². The van der Waals surface area contributed by atoms with E-state index in [-0.39, 0.29) is 19.3 Å². The predicted octanol–water partition coefficient (Wildman–Crippen LogP) is 0.749. The molecule has 0 aliphatic rings. The fourth-order valence-electron chi connectivity index (χ4n) is 2.72. The largest absolute Gasteiger partial charge is 0.361 e. The number of nitrogens with zero attached hydrogens (tertiary/aromatic N) is 4. The molecule has 1 rings (SSSR count). The Hall–Kier alpha value is -3.34. The first-order valence-electron chi connectivity index (χ1n) is 7.43. The molecule has 0 amide bonds. The predicted molar refractivity (Wildman–Crippen MR) is 86.8 cm³/mol. The molecule has 8 heteroatoms. The molecule has 25 heavy (non-hydrogen) atoms. The first kappa shape index (κ1) is 19.7. The van der Waals surface area contributed by atoms with Crippen LogP contribution < -0.4 is 0 Å². The van der Waals surface area contributed by atoms with Gasteiger partial charge in [0.05, 0.1) is 0 Å². The number of carbonyl (C=O) groups excluding carboxylic acids is 4. The average Bonchev–Trinajstić information content (AvgIpc) is 2.62. The molecule has 0 N–H and O–H groups in total. The molecule has 0 saturated carbocycles. The summed E-state index contributed by atoms with van der Waals surface area (Å²) < 4.78 is 0. The summed E-state index contributed by atoms with van der Waals surface area (Å²) in [5.41, 5.74) is 16.0. The minimum absolute atomic E-state index is 0.0486. The summed E-state index contributed by atoms with van der Waals surface area (Å²) in [6.45, 7) is 0. The van der Waals surface area contributed by atoms with Crippen LogP contribution in [0.1, 0.15) is 18.4 Å². The quantitative estimate of drug-likeness (QED) is 0.192. The number of benzene rings is 1. The van der Waals surface area contributed by atoms with Gasteiger partial charge in [0.2, 0.25) is 0 Å². The Balaban J connectivity index is 3.60. The standard InChI is InChI=1S/C17H16N4O4/c18-20-10-15(24)17(16(25)11-21-19,14(12-23)7-4-8-22)9-13-5-2-1-3-6-13/h1-3,5-6,8,10-12,14H,4,7,9H2. The molecule has 0 aliphatic heterocycles. The van der Waals surface area contributed by atoms with Crippen molar-refractivity contribution in [1.82, 2.24) is 0 Å². The van der Waals surface area contributed by atoms with E-state index in [2.05, 4.69) is 9.58 Å². The Morgan fingerprint density at radius 3 is 2.04 bits per heavy atom. The lowest BCUT2D eigenvalue weighted by Gasteiger charge is -2.31. The lowest BCUT2D eigenvalue weighted by Crippen LogP contribution is -2.50. The van der Waals surface area contributed by atoms with E-state index in [9.17, 15) is 19.2 Å². The minimum Gasteiger partial charge on any atom is -0.361 e. The zero-order valence-electron chi connectivity index (χ0n) is 13.3. The Morgan fingerprint density at radius 1 is 1.04 bits per heavy atom. The van der Waals surface area contributed by atoms with Gasteiger partial charge in [-0.15, -0.1) is 0 Å². The summed E-state index contributed by atoms with van der Waals surface area (Å²) in [5.74, 6) is -3.02. The highest BCUT2D eigenvalue weighted by Crippen LogP contribution is 2.35. The summed E-state index contributed by atoms with van der Waals surface area (Å²) in [5, 5.41) is 0. The van der Waals surface area contributed by atoms with Crippen molar-refractivity contribution in [3.8, 4) is 0 Å². The minimum atomic E-state index is -1.98. The molecule has 1 atom stereocenters. The molecule has 0 bridgehead atoms. The molecular weight excluding hydrogens is 324 g/mol. The zero-order valence-corrected chi connectivity index (χ0v) is 13.3. The van der Waals surface area contributed by atoms with Gasteiger partial charge in [-0.05, 0) is 18.4 Å². The van der Waals surface area contributed by atoms with Crippen molar-refractivity contribution < 1.29 is 28.8 Å². The van der Waals surface area contributed by atoms with E-state index in [4.69, 9.17) is 11.1 Å². The summed E-state index contributed by atoms with van der Waals surface area (Å²) >= 11 is 0. The van der Waals surface area contributed by atoms with E-state index < -0.39 is 22.9 Å². The van der Waals surface area contributed by atoms with Crippen molar-refractivity contribution in [2.24, 2.45) is 11.3 Å². The Kier molecular flexibility index (Phi) is 7.66. The van der Waals surface area contributed by atoms with Crippen LogP contribution in [-0.2, 0) is 25.6 Å². The normalized spacial score (nSPS) is 13.3. The molecular formula is C17H16N4O4. The smallest absolute Gasteiger partial charge is 0.324 e. The van der Waals surface area contributed by atoms with Crippen LogP contribution in [0.25, 0.3) is 11.1 Å². The molecule has 0 spiro atoms. The summed E-state index contributed by atoms with van der Waals surface area (Å²) in [7, 11) is 0. The van der Waals surface area contributed by atoms with Crippen LogP contribution in [0, 0.1) is 11.3 Å². The maximum Gasteiger partial charge on any atom is 0.324 e. The lowest BCUT2D eigenvalue weighted by molar-refractivity contribution is -0.143. The van der Waals surface area contributed by atoms with Crippen LogP contribution in [0.15, 0.2) is 30.3 Å². The zero-order chi connectivity index (χ0) is 18.7. The third-order valence-corrected chi connectivity index (χ3v) is 3.95. The second-order valence-corrected chi connectivity index (χ2v) is 5.34. The number of Topliss-reactive ketones (excluding diaryl/α,β-unsaturated/α-hetero) is 2. The van der Waals surface area contributed by atoms with Gasteiger partial charge in [-0.3, -0.25) is 9.59 Å². The lowest BCUT2D eigenvalue weighted by atomic mass is 9.65. The average molecular weight is 340 g/mol. The number of hydrogen-bond donors (Lipinski definition) is 0. The molecule has 1 aromatic rings. The summed E-state index contributed by atoms with van der Waals surface area (Å²) in [6.07, 6.45) is 1.75. The van der Waals surface area contributed by atoms with Gasteiger partial charge in [0.15, 0.2) is 0 Å². The van der Waals surface area contributed by atoms with Gasteiger partial charge in [-0.25, -0.2) is 0 Å². The molecule has 0 radical (unpaired) electrons. The van der Waals surface area contributed by atoms with Gasteiger partial charge >= 0.3 is 12.4 Å². The van der Waals surface area contributed by atoms with Crippen LogP contribution in [0.4, 0.5) is 0 Å². The molecule has 0 heterocycles. The van der Waals surface area contributed by atoms with Crippen LogP contribution in [0.5, 0.6) is 0 Å². The maximum absolute atomic E-state index is 12.6. The molecule has 0 saturated heterocycles. The summed E-state index contributed by atoms with van der Waals surface area (Å²) in [4.78, 5) is 52.9. The van der Waals surface area contributed by atoms with Crippen molar-refractivity contribution in [2.45, 2.75) is 19.3 Å². The molecule has 1 aromatic carbocycles. The highest BCUT2D eigenvalue weighted by molar-refractivity contribution is 6.43. The van der Waals surface area contributed by atoms with Crippen molar-refractivity contribution in [3.63, 3.8) is 0 Å². The topological polar surface area (TPSA) is 141 Å². The van der Waals surface area contributed by atoms with E-state index in [1.54, 1.807) is 30.3 Å². The van der Waals surface area contributed by atoms with Gasteiger partial charge in [-0.2, -0.15) is 9.58 Å². The second kappa shape index (κ2) is 9.72. The number of ketones is 2. The first-order valence-corrected chi connectivity index (χ1v) is 7.43. The SMILES string of the molecule is [N-]=[N+]=CC(=O)C(Cc1ccccc1)(C(=O)C=[N+]=[N-])C(C=O)CCC=O. The van der Waals surface area contributed by atoms with Crippen molar-refractivity contribution in [3.05, 3.63) is 47.0 Å². The number of aldehydes is 2. The van der Waals surface area contributed by atoms with Gasteiger partial charge in [0, 0.05) is 12.3 Å². The number of hydrogen-bond acceptors (Lipinski definition) is 4. The molecule has 8 nitrogen and oxygen atoms in total. The molecule has 128 valence electrons. The van der Waals surface area contributed by atoms with Crippen molar-refractivity contribution in [2.75, 3.05) is 0 Å². The third kappa shape index (κ3) is 4.57. The Labute approximate surface area is 143 Å². The molecule has 0 aromatic heterocycles. The molecule has 1 unspecified atom stereocenters. The third-order valence-electron chi connectivity index (χ3n) is 3.95. The number of rotatable bonds is 11. The Morgan fingerprint density at radius 2 is 1.60 bits per heavy atom. The molecule has 0 aliphatic carbocycles.